The van der Waals surface area contributed by atoms with E-state index in [2.05, 4.69) is 4.74 Å². The van der Waals surface area contributed by atoms with Crippen LogP contribution < -0.4 is 0 Å². The van der Waals surface area contributed by atoms with Crippen LogP contribution >= 0.6 is 0 Å². The van der Waals surface area contributed by atoms with E-state index in [4.69, 9.17) is 0 Å². The number of hydrogen-bond acceptors (Lipinski definition) is 3. The molecule has 1 aromatic heterocycles. The average Bonchev–Trinajstić information content (AvgIpc) is 2.45. The Morgan fingerprint density at radius 1 is 1.57 bits per heavy atom. The van der Waals surface area contributed by atoms with Crippen molar-refractivity contribution in [3.63, 3.8) is 0 Å². The van der Waals surface area contributed by atoms with Crippen LogP contribution in [0.15, 0.2) is 12.3 Å². The van der Waals surface area contributed by atoms with Crippen molar-refractivity contribution in [1.82, 2.24) is 4.57 Å². The molecule has 0 aliphatic carbocycles. The maximum Gasteiger partial charge on any atom is 0.354 e. The quantitative estimate of drug-likeness (QED) is 0.721. The van der Waals surface area contributed by atoms with Crippen molar-refractivity contribution in [2.75, 3.05) is 7.11 Å². The molecule has 4 heteroatoms. The lowest BCUT2D eigenvalue weighted by atomic mass is 10.0. The molecule has 0 spiro atoms. The van der Waals surface area contributed by atoms with E-state index in [1.807, 2.05) is 0 Å². The number of aliphatic hydroxyl groups is 1. The smallest absolute Gasteiger partial charge is 0.354 e. The third-order valence-electron chi connectivity index (χ3n) is 2.11. The molecule has 0 aliphatic heterocycles. The molecule has 14 heavy (non-hydrogen) atoms. The van der Waals surface area contributed by atoms with E-state index in [-0.39, 0.29) is 0 Å². The number of methoxy groups -OCH3 is 1. The lowest BCUT2D eigenvalue weighted by molar-refractivity contribution is 0.0590. The highest BCUT2D eigenvalue weighted by molar-refractivity contribution is 5.88. The molecular weight excluding hydrogens is 182 g/mol. The van der Waals surface area contributed by atoms with E-state index in [0.29, 0.717) is 11.3 Å². The van der Waals surface area contributed by atoms with E-state index in [1.165, 1.54) is 7.11 Å². The maximum atomic E-state index is 11.2. The molecule has 0 fully saturated rings. The normalized spacial score (nSPS) is 11.5. The number of nitrogens with zero attached hydrogens (tertiary/aromatic N) is 1. The van der Waals surface area contributed by atoms with Crippen LogP contribution in [0.3, 0.4) is 0 Å². The van der Waals surface area contributed by atoms with E-state index in [9.17, 15) is 9.90 Å². The maximum absolute atomic E-state index is 11.2. The molecule has 1 N–H and O–H groups in total. The first-order chi connectivity index (χ1) is 6.36. The Kier molecular flexibility index (Phi) is 2.66. The van der Waals surface area contributed by atoms with Crippen molar-refractivity contribution in [1.29, 1.82) is 0 Å². The molecule has 0 atom stereocenters. The summed E-state index contributed by atoms with van der Waals surface area (Å²) in [5, 5.41) is 9.72. The molecule has 0 aliphatic rings. The van der Waals surface area contributed by atoms with Crippen molar-refractivity contribution in [3.05, 3.63) is 23.5 Å². The van der Waals surface area contributed by atoms with Gasteiger partial charge in [-0.05, 0) is 19.9 Å². The monoisotopic (exact) mass is 197 g/mol. The Hall–Kier alpha value is -1.29. The number of aromatic nitrogens is 1. The number of esters is 1. The van der Waals surface area contributed by atoms with Crippen molar-refractivity contribution in [2.45, 2.75) is 19.4 Å². The van der Waals surface area contributed by atoms with Gasteiger partial charge in [0.05, 0.1) is 12.7 Å². The second-order valence-electron chi connectivity index (χ2n) is 3.78. The lowest BCUT2D eigenvalue weighted by Gasteiger charge is -2.14. The largest absolute Gasteiger partial charge is 0.464 e. The summed E-state index contributed by atoms with van der Waals surface area (Å²) in [6.07, 6.45) is 1.71. The number of rotatable bonds is 2. The fourth-order valence-corrected chi connectivity index (χ4v) is 1.21. The van der Waals surface area contributed by atoms with Gasteiger partial charge in [-0.1, -0.05) is 0 Å². The van der Waals surface area contributed by atoms with E-state index in [1.54, 1.807) is 37.7 Å². The third kappa shape index (κ3) is 1.96. The van der Waals surface area contributed by atoms with Crippen LogP contribution in [-0.2, 0) is 17.4 Å². The summed E-state index contributed by atoms with van der Waals surface area (Å²) >= 11 is 0. The summed E-state index contributed by atoms with van der Waals surface area (Å²) in [5.74, 6) is -0.400. The zero-order valence-electron chi connectivity index (χ0n) is 8.87. The minimum Gasteiger partial charge on any atom is -0.464 e. The predicted octanol–water partition coefficient (Wildman–Crippen LogP) is 1.04. The van der Waals surface area contributed by atoms with Gasteiger partial charge < -0.3 is 14.4 Å². The Morgan fingerprint density at radius 3 is 2.50 bits per heavy atom. The number of hydrogen-bond donors (Lipinski definition) is 1. The van der Waals surface area contributed by atoms with Gasteiger partial charge in [0.15, 0.2) is 0 Å². The topological polar surface area (TPSA) is 51.5 Å². The first-order valence-electron chi connectivity index (χ1n) is 4.34. The van der Waals surface area contributed by atoms with Gasteiger partial charge in [0.1, 0.15) is 5.69 Å². The molecule has 1 aromatic rings. The average molecular weight is 197 g/mol. The summed E-state index contributed by atoms with van der Waals surface area (Å²) in [4.78, 5) is 11.2. The van der Waals surface area contributed by atoms with E-state index >= 15 is 0 Å². The first kappa shape index (κ1) is 10.8. The fraction of sp³-hybridized carbons (Fsp3) is 0.500. The number of carbonyl (C=O) groups excluding carboxylic acids is 1. The highest BCUT2D eigenvalue weighted by atomic mass is 16.5. The minimum absolute atomic E-state index is 0.400. The van der Waals surface area contributed by atoms with Crippen molar-refractivity contribution >= 4 is 5.97 Å². The first-order valence-corrected chi connectivity index (χ1v) is 4.34. The lowest BCUT2D eigenvalue weighted by Crippen LogP contribution is -2.14. The predicted molar refractivity (Wildman–Crippen MR) is 52.0 cm³/mol. The molecule has 4 nitrogen and oxygen atoms in total. The Labute approximate surface area is 83.1 Å². The van der Waals surface area contributed by atoms with Gasteiger partial charge in [-0.3, -0.25) is 0 Å². The van der Waals surface area contributed by atoms with Gasteiger partial charge in [-0.2, -0.15) is 0 Å². The molecule has 0 unspecified atom stereocenters. The standard InChI is InChI=1S/C10H15NO3/c1-10(2,13)7-5-8(9(12)14-4)11(3)6-7/h5-6,13H,1-4H3. The Bertz CT molecular complexity index is 347. The molecule has 0 saturated carbocycles. The van der Waals surface area contributed by atoms with Crippen LogP contribution in [-0.4, -0.2) is 22.8 Å². The van der Waals surface area contributed by atoms with Crippen LogP contribution in [0.25, 0.3) is 0 Å². The molecule has 0 bridgehead atoms. The number of ether oxygens (including phenoxy) is 1. The van der Waals surface area contributed by atoms with Crippen LogP contribution in [0.1, 0.15) is 29.9 Å². The SMILES string of the molecule is COC(=O)c1cc(C(C)(C)O)cn1C. The number of aryl methyl sites for hydroxylation is 1. The van der Waals surface area contributed by atoms with Gasteiger partial charge in [0.25, 0.3) is 0 Å². The van der Waals surface area contributed by atoms with Gasteiger partial charge in [-0.25, -0.2) is 4.79 Å². The van der Waals surface area contributed by atoms with Gasteiger partial charge >= 0.3 is 5.97 Å². The summed E-state index contributed by atoms with van der Waals surface area (Å²) in [7, 11) is 3.07. The molecule has 0 aromatic carbocycles. The molecule has 78 valence electrons. The minimum atomic E-state index is -0.940. The Morgan fingerprint density at radius 2 is 2.14 bits per heavy atom. The van der Waals surface area contributed by atoms with Crippen LogP contribution in [0.4, 0.5) is 0 Å². The van der Waals surface area contributed by atoms with Crippen molar-refractivity contribution in [2.24, 2.45) is 7.05 Å². The van der Waals surface area contributed by atoms with Crippen LogP contribution in [0.2, 0.25) is 0 Å². The van der Waals surface area contributed by atoms with Gasteiger partial charge in [-0.15, -0.1) is 0 Å². The molecule has 1 rings (SSSR count). The van der Waals surface area contributed by atoms with E-state index in [0.717, 1.165) is 0 Å². The van der Waals surface area contributed by atoms with Crippen molar-refractivity contribution < 1.29 is 14.6 Å². The second kappa shape index (κ2) is 3.46. The van der Waals surface area contributed by atoms with Crippen molar-refractivity contribution in [3.8, 4) is 0 Å². The fourth-order valence-electron chi connectivity index (χ4n) is 1.21. The third-order valence-corrected chi connectivity index (χ3v) is 2.11. The molecule has 0 amide bonds. The zero-order valence-corrected chi connectivity index (χ0v) is 8.87. The zero-order chi connectivity index (χ0) is 10.9. The molecular formula is C10H15NO3. The summed E-state index contributed by atoms with van der Waals surface area (Å²) in [5.41, 5.74) is 0.189. The summed E-state index contributed by atoms with van der Waals surface area (Å²) < 4.78 is 6.24. The summed E-state index contributed by atoms with van der Waals surface area (Å²) in [6.45, 7) is 3.34. The second-order valence-corrected chi connectivity index (χ2v) is 3.78. The van der Waals surface area contributed by atoms with E-state index < -0.39 is 11.6 Å². The van der Waals surface area contributed by atoms with Crippen LogP contribution in [0, 0.1) is 0 Å². The number of carbonyl (C=O) groups is 1. The van der Waals surface area contributed by atoms with Gasteiger partial charge in [0, 0.05) is 18.8 Å². The molecule has 0 saturated heterocycles. The molecule has 1 heterocycles. The highest BCUT2D eigenvalue weighted by Gasteiger charge is 2.21. The Balaban J connectivity index is 3.12. The van der Waals surface area contributed by atoms with Gasteiger partial charge in [0.2, 0.25) is 0 Å². The molecule has 0 radical (unpaired) electrons. The highest BCUT2D eigenvalue weighted by Crippen LogP contribution is 2.21. The summed E-state index contributed by atoms with van der Waals surface area (Å²) in [6, 6.07) is 1.63. The van der Waals surface area contributed by atoms with Crippen LogP contribution in [0.5, 0.6) is 0 Å².